The van der Waals surface area contributed by atoms with Crippen LogP contribution in [-0.2, 0) is 6.61 Å². The van der Waals surface area contributed by atoms with Gasteiger partial charge in [0.25, 0.3) is 5.91 Å². The van der Waals surface area contributed by atoms with Crippen molar-refractivity contribution in [1.29, 1.82) is 0 Å². The van der Waals surface area contributed by atoms with Crippen molar-refractivity contribution in [2.45, 2.75) is 11.8 Å². The van der Waals surface area contributed by atoms with Gasteiger partial charge in [0.1, 0.15) is 18.2 Å². The molecule has 4 rings (SSSR count). The van der Waals surface area contributed by atoms with Gasteiger partial charge in [0.05, 0.1) is 17.1 Å². The highest BCUT2D eigenvalue weighted by atomic mass is 35.5. The van der Waals surface area contributed by atoms with Gasteiger partial charge >= 0.3 is 0 Å². The Kier molecular flexibility index (Phi) is 5.00. The molecule has 0 fully saturated rings. The van der Waals surface area contributed by atoms with Gasteiger partial charge in [-0.05, 0) is 36.4 Å². The number of halogens is 2. The van der Waals surface area contributed by atoms with E-state index in [0.29, 0.717) is 39.6 Å². The maximum Gasteiger partial charge on any atom is 0.274 e. The molecule has 0 saturated heterocycles. The van der Waals surface area contributed by atoms with Crippen LogP contribution in [0.4, 0.5) is 4.39 Å². The minimum atomic E-state index is -0.338. The molecule has 1 aliphatic heterocycles. The quantitative estimate of drug-likeness (QED) is 0.665. The van der Waals surface area contributed by atoms with Crippen LogP contribution in [0, 0.1) is 5.82 Å². The number of amides is 1. The van der Waals surface area contributed by atoms with Crippen LogP contribution in [0.1, 0.15) is 16.2 Å². The fraction of sp³-hybridized carbons (Fsp3) is 0.167. The Hall–Kier alpha value is -2.58. The van der Waals surface area contributed by atoms with Gasteiger partial charge in [-0.2, -0.15) is 0 Å². The molecule has 0 bridgehead atoms. The highest BCUT2D eigenvalue weighted by Gasteiger charge is 2.29. The Morgan fingerprint density at radius 1 is 1.19 bits per heavy atom. The van der Waals surface area contributed by atoms with E-state index in [0.717, 1.165) is 0 Å². The summed E-state index contributed by atoms with van der Waals surface area (Å²) in [5.41, 5.74) is 0.413. The monoisotopic (exact) mass is 404 g/mol. The lowest BCUT2D eigenvalue weighted by atomic mass is 10.2. The summed E-state index contributed by atoms with van der Waals surface area (Å²) in [6, 6.07) is 12.6. The smallest absolute Gasteiger partial charge is 0.274 e. The molecular weight excluding hydrogens is 391 g/mol. The van der Waals surface area contributed by atoms with E-state index in [9.17, 15) is 9.18 Å². The van der Waals surface area contributed by atoms with E-state index >= 15 is 0 Å². The number of thioether (sulfide) groups is 1. The number of benzene rings is 2. The molecule has 3 aromatic rings. The molecule has 138 valence electrons. The minimum Gasteiger partial charge on any atom is -0.486 e. The molecule has 2 heterocycles. The number of nitrogens with zero attached hydrogens (tertiary/aromatic N) is 4. The molecule has 0 saturated carbocycles. The van der Waals surface area contributed by atoms with Crippen molar-refractivity contribution in [3.05, 3.63) is 70.8 Å². The summed E-state index contributed by atoms with van der Waals surface area (Å²) < 4.78 is 20.3. The van der Waals surface area contributed by atoms with Crippen LogP contribution in [0.25, 0.3) is 0 Å². The molecule has 9 heteroatoms. The van der Waals surface area contributed by atoms with Crippen molar-refractivity contribution < 1.29 is 13.9 Å². The molecule has 0 aliphatic carbocycles. The first kappa shape index (κ1) is 17.8. The van der Waals surface area contributed by atoms with Crippen LogP contribution >= 0.6 is 23.4 Å². The molecule has 0 spiro atoms. The zero-order valence-corrected chi connectivity index (χ0v) is 15.6. The summed E-state index contributed by atoms with van der Waals surface area (Å²) in [5, 5.41) is 10.9. The fourth-order valence-electron chi connectivity index (χ4n) is 2.69. The van der Waals surface area contributed by atoms with Gasteiger partial charge < -0.3 is 4.74 Å². The average molecular weight is 405 g/mol. The summed E-state index contributed by atoms with van der Waals surface area (Å²) in [6.45, 7) is 0.578. The Morgan fingerprint density at radius 3 is 2.74 bits per heavy atom. The van der Waals surface area contributed by atoms with Gasteiger partial charge in [0.15, 0.2) is 5.82 Å². The molecule has 0 N–H and O–H groups in total. The second kappa shape index (κ2) is 7.58. The summed E-state index contributed by atoms with van der Waals surface area (Å²) in [6.07, 6.45) is 0. The predicted octanol–water partition coefficient (Wildman–Crippen LogP) is 3.53. The Labute approximate surface area is 163 Å². The van der Waals surface area contributed by atoms with E-state index in [1.807, 2.05) is 0 Å². The second-order valence-electron chi connectivity index (χ2n) is 5.71. The first-order valence-corrected chi connectivity index (χ1v) is 9.52. The first-order valence-electron chi connectivity index (χ1n) is 8.15. The molecule has 2 aromatic carbocycles. The van der Waals surface area contributed by atoms with Crippen LogP contribution in [0.2, 0.25) is 5.02 Å². The van der Waals surface area contributed by atoms with Gasteiger partial charge in [-0.15, -0.1) is 10.2 Å². The summed E-state index contributed by atoms with van der Waals surface area (Å²) in [4.78, 5) is 13.0. The number of carbonyl (C=O) groups is 1. The Balaban J connectivity index is 1.60. The van der Waals surface area contributed by atoms with Gasteiger partial charge in [-0.25, -0.2) is 14.1 Å². The van der Waals surface area contributed by atoms with Crippen LogP contribution < -0.4 is 9.75 Å². The third-order valence-corrected chi connectivity index (χ3v) is 5.20. The maximum atomic E-state index is 13.0. The van der Waals surface area contributed by atoms with Crippen LogP contribution in [0.5, 0.6) is 5.75 Å². The maximum absolute atomic E-state index is 13.0. The van der Waals surface area contributed by atoms with Crippen LogP contribution in [-0.4, -0.2) is 33.1 Å². The number of hydrogen-bond acceptors (Lipinski definition) is 5. The highest BCUT2D eigenvalue weighted by Crippen LogP contribution is 2.26. The molecule has 1 aliphatic rings. The SMILES string of the molecule is O=C(c1ccccc1Cl)N1CCSc2nnc(COc3ccc(F)cc3)n21. The first-order chi connectivity index (χ1) is 13.1. The third kappa shape index (κ3) is 3.63. The van der Waals surface area contributed by atoms with E-state index < -0.39 is 0 Å². The zero-order valence-electron chi connectivity index (χ0n) is 14.0. The van der Waals surface area contributed by atoms with E-state index in [1.165, 1.54) is 36.0 Å². The number of ether oxygens (including phenoxy) is 1. The van der Waals surface area contributed by atoms with E-state index in [-0.39, 0.29) is 18.3 Å². The number of aromatic nitrogens is 3. The molecule has 6 nitrogen and oxygen atoms in total. The van der Waals surface area contributed by atoms with Crippen molar-refractivity contribution in [2.75, 3.05) is 17.3 Å². The largest absolute Gasteiger partial charge is 0.486 e. The molecule has 0 radical (unpaired) electrons. The Bertz CT molecular complexity index is 980. The fourth-order valence-corrected chi connectivity index (χ4v) is 3.77. The van der Waals surface area contributed by atoms with Gasteiger partial charge in [0, 0.05) is 5.75 Å². The lowest BCUT2D eigenvalue weighted by Crippen LogP contribution is -2.45. The molecule has 1 amide bonds. The van der Waals surface area contributed by atoms with Gasteiger partial charge in [0.2, 0.25) is 5.16 Å². The number of rotatable bonds is 4. The number of carbonyl (C=O) groups excluding carboxylic acids is 1. The minimum absolute atomic E-state index is 0.0888. The van der Waals surface area contributed by atoms with Crippen molar-refractivity contribution in [1.82, 2.24) is 14.9 Å². The molecule has 1 aromatic heterocycles. The zero-order chi connectivity index (χ0) is 18.8. The Morgan fingerprint density at radius 2 is 1.96 bits per heavy atom. The lowest BCUT2D eigenvalue weighted by molar-refractivity contribution is 0.0953. The second-order valence-corrected chi connectivity index (χ2v) is 7.18. The lowest BCUT2D eigenvalue weighted by Gasteiger charge is -2.29. The van der Waals surface area contributed by atoms with E-state index in [1.54, 1.807) is 34.0 Å². The van der Waals surface area contributed by atoms with Gasteiger partial charge in [-0.3, -0.25) is 4.79 Å². The molecule has 0 unspecified atom stereocenters. The van der Waals surface area contributed by atoms with E-state index in [4.69, 9.17) is 16.3 Å². The molecule has 0 atom stereocenters. The molecule has 27 heavy (non-hydrogen) atoms. The number of hydrogen-bond donors (Lipinski definition) is 0. The average Bonchev–Trinajstić information content (AvgIpc) is 3.11. The topological polar surface area (TPSA) is 60.3 Å². The summed E-state index contributed by atoms with van der Waals surface area (Å²) in [7, 11) is 0. The standard InChI is InChI=1S/C18H14ClFN4O2S/c19-15-4-2-1-3-14(15)17(25)23-9-10-27-18-22-21-16(24(18)23)11-26-13-7-5-12(20)6-8-13/h1-8H,9-11H2. The molecular formula is C18H14ClFN4O2S. The predicted molar refractivity (Wildman–Crippen MR) is 100 cm³/mol. The third-order valence-electron chi connectivity index (χ3n) is 3.97. The van der Waals surface area contributed by atoms with Crippen LogP contribution in [0.15, 0.2) is 53.7 Å². The van der Waals surface area contributed by atoms with Crippen molar-refractivity contribution in [3.8, 4) is 5.75 Å². The summed E-state index contributed by atoms with van der Waals surface area (Å²) >= 11 is 7.70. The van der Waals surface area contributed by atoms with Crippen molar-refractivity contribution in [2.24, 2.45) is 0 Å². The summed E-state index contributed by atoms with van der Waals surface area (Å²) in [5.74, 6) is 1.11. The van der Waals surface area contributed by atoms with Crippen molar-refractivity contribution >= 4 is 29.3 Å². The van der Waals surface area contributed by atoms with Gasteiger partial charge in [-0.1, -0.05) is 35.5 Å². The van der Waals surface area contributed by atoms with Crippen LogP contribution in [0.3, 0.4) is 0 Å². The van der Waals surface area contributed by atoms with Crippen molar-refractivity contribution in [3.63, 3.8) is 0 Å². The highest BCUT2D eigenvalue weighted by molar-refractivity contribution is 7.99. The van der Waals surface area contributed by atoms with E-state index in [2.05, 4.69) is 10.2 Å². The normalized spacial score (nSPS) is 13.3. The number of fused-ring (bicyclic) bond motifs is 1.